The fraction of sp³-hybridized carbons (Fsp3) is 0.889. The van der Waals surface area contributed by atoms with Gasteiger partial charge in [-0.2, -0.15) is 8.78 Å². The zero-order valence-electron chi connectivity index (χ0n) is 8.19. The molecule has 3 nitrogen and oxygen atoms in total. The van der Waals surface area contributed by atoms with Crippen LogP contribution < -0.4 is 5.32 Å². The molecule has 0 aliphatic carbocycles. The van der Waals surface area contributed by atoms with Crippen LogP contribution in [0.15, 0.2) is 0 Å². The molecule has 14 heavy (non-hydrogen) atoms. The highest BCUT2D eigenvalue weighted by atomic mass is 19.3. The molecule has 0 aromatic rings. The Morgan fingerprint density at radius 2 is 2.07 bits per heavy atom. The number of hydrogen-bond donors (Lipinski definition) is 1. The number of piperidine rings is 1. The molecule has 0 radical (unpaired) electrons. The van der Waals surface area contributed by atoms with Crippen LogP contribution in [0.25, 0.3) is 0 Å². The van der Waals surface area contributed by atoms with E-state index in [1.165, 1.54) is 6.92 Å². The van der Waals surface area contributed by atoms with Gasteiger partial charge in [0.05, 0.1) is 6.61 Å². The Morgan fingerprint density at radius 3 is 2.57 bits per heavy atom. The number of nitrogens with one attached hydrogen (secondary N) is 1. The van der Waals surface area contributed by atoms with Gasteiger partial charge < -0.3 is 10.1 Å². The van der Waals surface area contributed by atoms with E-state index in [0.717, 1.165) is 0 Å². The van der Waals surface area contributed by atoms with E-state index in [1.54, 1.807) is 0 Å². The highest BCUT2D eigenvalue weighted by Crippen LogP contribution is 2.32. The second-order valence-electron chi connectivity index (χ2n) is 3.37. The molecule has 1 rings (SSSR count). The lowest BCUT2D eigenvalue weighted by Gasteiger charge is -2.28. The average Bonchev–Trinajstić information content (AvgIpc) is 2.19. The Balaban J connectivity index is 2.57. The summed E-state index contributed by atoms with van der Waals surface area (Å²) in [5, 5.41) is 2.97. The van der Waals surface area contributed by atoms with Crippen LogP contribution in [0, 0.1) is 5.92 Å². The van der Waals surface area contributed by atoms with Crippen molar-refractivity contribution in [3.8, 4) is 0 Å². The van der Waals surface area contributed by atoms with E-state index in [9.17, 15) is 13.6 Å². The Hall–Kier alpha value is -0.710. The normalized spacial score (nSPS) is 19.4. The Bertz CT molecular complexity index is 203. The summed E-state index contributed by atoms with van der Waals surface area (Å²) in [7, 11) is 0. The maximum Gasteiger partial charge on any atom is 0.377 e. The molecule has 1 saturated heterocycles. The molecule has 0 aromatic heterocycles. The van der Waals surface area contributed by atoms with Gasteiger partial charge in [-0.3, -0.25) is 0 Å². The monoisotopic (exact) mass is 207 g/mol. The predicted molar refractivity (Wildman–Crippen MR) is 47.2 cm³/mol. The molecule has 5 heteroatoms. The molecule has 0 amide bonds. The van der Waals surface area contributed by atoms with Crippen LogP contribution in [0.5, 0.6) is 0 Å². The van der Waals surface area contributed by atoms with Crippen molar-refractivity contribution in [1.82, 2.24) is 5.32 Å². The van der Waals surface area contributed by atoms with E-state index >= 15 is 0 Å². The minimum atomic E-state index is -3.32. The number of alkyl halides is 2. The zero-order valence-corrected chi connectivity index (χ0v) is 8.19. The highest BCUT2D eigenvalue weighted by Gasteiger charge is 2.48. The van der Waals surface area contributed by atoms with Gasteiger partial charge >= 0.3 is 11.9 Å². The van der Waals surface area contributed by atoms with Gasteiger partial charge in [0.1, 0.15) is 0 Å². The molecule has 0 saturated carbocycles. The summed E-state index contributed by atoms with van der Waals surface area (Å²) in [6.45, 7) is 2.61. The van der Waals surface area contributed by atoms with Crippen LogP contribution in [-0.4, -0.2) is 31.6 Å². The van der Waals surface area contributed by atoms with Crippen molar-refractivity contribution in [1.29, 1.82) is 0 Å². The van der Waals surface area contributed by atoms with Crippen molar-refractivity contribution in [2.45, 2.75) is 25.7 Å². The predicted octanol–water partition coefficient (Wildman–Crippen LogP) is 1.18. The summed E-state index contributed by atoms with van der Waals surface area (Å²) in [6, 6.07) is 0. The van der Waals surface area contributed by atoms with E-state index in [4.69, 9.17) is 0 Å². The second kappa shape index (κ2) is 4.68. The summed E-state index contributed by atoms with van der Waals surface area (Å²) < 4.78 is 31.1. The quantitative estimate of drug-likeness (QED) is 0.706. The first-order chi connectivity index (χ1) is 6.59. The standard InChI is InChI=1S/C9H15F2NO2/c1-2-14-8(13)9(10,11)7-3-5-12-6-4-7/h7,12H,2-6H2,1H3. The highest BCUT2D eigenvalue weighted by molar-refractivity contribution is 5.77. The van der Waals surface area contributed by atoms with Crippen LogP contribution in [0.2, 0.25) is 0 Å². The van der Waals surface area contributed by atoms with E-state index in [1.807, 2.05) is 0 Å². The van der Waals surface area contributed by atoms with Gasteiger partial charge in [-0.1, -0.05) is 0 Å². The third kappa shape index (κ3) is 2.41. The van der Waals surface area contributed by atoms with Crippen LogP contribution in [0.3, 0.4) is 0 Å². The first kappa shape index (κ1) is 11.4. The lowest BCUT2D eigenvalue weighted by Crippen LogP contribution is -2.44. The zero-order chi connectivity index (χ0) is 10.6. The molecule has 0 bridgehead atoms. The molecule has 1 aliphatic heterocycles. The van der Waals surface area contributed by atoms with Gasteiger partial charge in [-0.05, 0) is 32.9 Å². The summed E-state index contributed by atoms with van der Waals surface area (Å²) in [5.74, 6) is -5.58. The molecule has 1 N–H and O–H groups in total. The summed E-state index contributed by atoms with van der Waals surface area (Å²) in [5.41, 5.74) is 0. The lowest BCUT2D eigenvalue weighted by molar-refractivity contribution is -0.181. The minimum Gasteiger partial charge on any atom is -0.462 e. The molecule has 0 unspecified atom stereocenters. The second-order valence-corrected chi connectivity index (χ2v) is 3.37. The molecule has 1 heterocycles. The van der Waals surface area contributed by atoms with Gasteiger partial charge in [0.15, 0.2) is 0 Å². The number of halogens is 2. The summed E-state index contributed by atoms with van der Waals surface area (Å²) in [4.78, 5) is 11.0. The fourth-order valence-electron chi connectivity index (χ4n) is 1.58. The number of rotatable bonds is 3. The maximum atomic E-state index is 13.4. The van der Waals surface area contributed by atoms with Crippen LogP contribution in [0.4, 0.5) is 8.78 Å². The fourth-order valence-corrected chi connectivity index (χ4v) is 1.58. The van der Waals surface area contributed by atoms with Crippen molar-refractivity contribution in [2.24, 2.45) is 5.92 Å². The lowest BCUT2D eigenvalue weighted by atomic mass is 9.91. The molecule has 0 atom stereocenters. The topological polar surface area (TPSA) is 38.3 Å². The summed E-state index contributed by atoms with van der Waals surface area (Å²) >= 11 is 0. The Kier molecular flexibility index (Phi) is 3.80. The SMILES string of the molecule is CCOC(=O)C(F)(F)C1CCNCC1. The van der Waals surface area contributed by atoms with Gasteiger partial charge in [-0.15, -0.1) is 0 Å². The Labute approximate surface area is 81.8 Å². The van der Waals surface area contributed by atoms with Crippen molar-refractivity contribution < 1.29 is 18.3 Å². The van der Waals surface area contributed by atoms with Crippen LogP contribution in [0.1, 0.15) is 19.8 Å². The largest absolute Gasteiger partial charge is 0.462 e. The third-order valence-corrected chi connectivity index (χ3v) is 2.40. The molecule has 1 aliphatic rings. The van der Waals surface area contributed by atoms with Gasteiger partial charge in [-0.25, -0.2) is 4.79 Å². The molecule has 0 aromatic carbocycles. The molecule has 1 fully saturated rings. The molecular weight excluding hydrogens is 192 g/mol. The number of carbonyl (C=O) groups is 1. The van der Waals surface area contributed by atoms with Crippen LogP contribution >= 0.6 is 0 Å². The number of hydrogen-bond acceptors (Lipinski definition) is 3. The van der Waals surface area contributed by atoms with Gasteiger partial charge in [0, 0.05) is 5.92 Å². The van der Waals surface area contributed by atoms with Gasteiger partial charge in [0.25, 0.3) is 0 Å². The first-order valence-electron chi connectivity index (χ1n) is 4.84. The van der Waals surface area contributed by atoms with Crippen molar-refractivity contribution in [3.05, 3.63) is 0 Å². The smallest absolute Gasteiger partial charge is 0.377 e. The van der Waals surface area contributed by atoms with E-state index in [-0.39, 0.29) is 6.61 Å². The average molecular weight is 207 g/mol. The maximum absolute atomic E-state index is 13.4. The van der Waals surface area contributed by atoms with E-state index < -0.39 is 17.8 Å². The number of ether oxygens (including phenoxy) is 1. The third-order valence-electron chi connectivity index (χ3n) is 2.40. The van der Waals surface area contributed by atoms with Crippen molar-refractivity contribution in [2.75, 3.05) is 19.7 Å². The number of esters is 1. The van der Waals surface area contributed by atoms with E-state index in [2.05, 4.69) is 10.1 Å². The van der Waals surface area contributed by atoms with Gasteiger partial charge in [0.2, 0.25) is 0 Å². The van der Waals surface area contributed by atoms with Crippen molar-refractivity contribution in [3.63, 3.8) is 0 Å². The molecular formula is C9H15F2NO2. The van der Waals surface area contributed by atoms with Crippen LogP contribution in [-0.2, 0) is 9.53 Å². The number of carbonyl (C=O) groups excluding carboxylic acids is 1. The Morgan fingerprint density at radius 1 is 1.50 bits per heavy atom. The van der Waals surface area contributed by atoms with E-state index in [0.29, 0.717) is 25.9 Å². The summed E-state index contributed by atoms with van der Waals surface area (Å²) in [6.07, 6.45) is 0.650. The minimum absolute atomic E-state index is 0.000602. The van der Waals surface area contributed by atoms with Crippen molar-refractivity contribution >= 4 is 5.97 Å². The molecule has 0 spiro atoms. The first-order valence-corrected chi connectivity index (χ1v) is 4.84. The molecule has 82 valence electrons.